The monoisotopic (exact) mass is 654 g/mol. The predicted molar refractivity (Wildman–Crippen MR) is 182 cm³/mol. The lowest BCUT2D eigenvalue weighted by Crippen LogP contribution is -2.60. The summed E-state index contributed by atoms with van der Waals surface area (Å²) in [5.41, 5.74) is 3.51. The number of carbonyl (C=O) groups excluding carboxylic acids is 2. The van der Waals surface area contributed by atoms with Crippen LogP contribution in [-0.4, -0.2) is 48.2 Å². The van der Waals surface area contributed by atoms with Gasteiger partial charge in [-0.1, -0.05) is 120 Å². The highest BCUT2D eigenvalue weighted by atomic mass is 32.2. The van der Waals surface area contributed by atoms with E-state index >= 15 is 0 Å². The SMILES string of the molecule is CC(=O)CCC(=O)OC1C(Sc2ccc(C)cc2)OC(COCc2ccccc2)C(OCc2ccccc2)C1OCc1ccccc1. The zero-order valence-corrected chi connectivity index (χ0v) is 27.7. The van der Waals surface area contributed by atoms with Crippen LogP contribution < -0.4 is 0 Å². The Morgan fingerprint density at radius 2 is 1.19 bits per heavy atom. The predicted octanol–water partition coefficient (Wildman–Crippen LogP) is 7.48. The maximum absolute atomic E-state index is 13.2. The smallest absolute Gasteiger partial charge is 0.306 e. The number of ether oxygens (including phenoxy) is 5. The van der Waals surface area contributed by atoms with Gasteiger partial charge in [0.25, 0.3) is 0 Å². The molecule has 5 rings (SSSR count). The average Bonchev–Trinajstić information content (AvgIpc) is 3.09. The lowest BCUT2D eigenvalue weighted by molar-refractivity contribution is -0.249. The van der Waals surface area contributed by atoms with E-state index in [0.29, 0.717) is 13.2 Å². The first-order valence-electron chi connectivity index (χ1n) is 15.9. The van der Waals surface area contributed by atoms with Gasteiger partial charge in [-0.15, -0.1) is 0 Å². The van der Waals surface area contributed by atoms with Gasteiger partial charge in [-0.25, -0.2) is 0 Å². The number of Topliss-reactive ketones (excluding diaryl/α,β-unsaturated/α-hetero) is 1. The van der Waals surface area contributed by atoms with E-state index in [1.807, 2.05) is 122 Å². The number of hydrogen-bond donors (Lipinski definition) is 0. The Morgan fingerprint density at radius 3 is 1.74 bits per heavy atom. The number of esters is 1. The minimum atomic E-state index is -0.837. The molecule has 0 amide bonds. The van der Waals surface area contributed by atoms with Crippen molar-refractivity contribution in [3.05, 3.63) is 138 Å². The van der Waals surface area contributed by atoms with Crippen molar-refractivity contribution in [3.8, 4) is 0 Å². The van der Waals surface area contributed by atoms with Gasteiger partial charge in [0.2, 0.25) is 0 Å². The second-order valence-electron chi connectivity index (χ2n) is 11.7. The maximum Gasteiger partial charge on any atom is 0.306 e. The molecule has 246 valence electrons. The van der Waals surface area contributed by atoms with E-state index in [1.54, 1.807) is 0 Å². The topological polar surface area (TPSA) is 80.3 Å². The van der Waals surface area contributed by atoms with Crippen LogP contribution in [0.5, 0.6) is 0 Å². The molecule has 0 bridgehead atoms. The van der Waals surface area contributed by atoms with Crippen molar-refractivity contribution in [1.82, 2.24) is 0 Å². The number of rotatable bonds is 16. The highest BCUT2D eigenvalue weighted by Crippen LogP contribution is 2.38. The Hall–Kier alpha value is -3.79. The van der Waals surface area contributed by atoms with E-state index in [9.17, 15) is 9.59 Å². The third-order valence-corrected chi connectivity index (χ3v) is 8.93. The molecule has 0 aromatic heterocycles. The van der Waals surface area contributed by atoms with E-state index in [2.05, 4.69) is 0 Å². The van der Waals surface area contributed by atoms with Gasteiger partial charge in [-0.05, 0) is 42.7 Å². The number of carbonyl (C=O) groups is 2. The molecule has 1 fully saturated rings. The average molecular weight is 655 g/mol. The van der Waals surface area contributed by atoms with Crippen molar-refractivity contribution in [3.63, 3.8) is 0 Å². The van der Waals surface area contributed by atoms with Gasteiger partial charge in [0.15, 0.2) is 6.10 Å². The molecule has 0 spiro atoms. The van der Waals surface area contributed by atoms with Gasteiger partial charge in [-0.3, -0.25) is 4.79 Å². The molecule has 7 nitrogen and oxygen atoms in total. The fraction of sp³-hybridized carbons (Fsp3) is 0.333. The van der Waals surface area contributed by atoms with Crippen LogP contribution in [0.1, 0.15) is 42.0 Å². The third kappa shape index (κ3) is 10.9. The second-order valence-corrected chi connectivity index (χ2v) is 12.8. The van der Waals surface area contributed by atoms with Crippen LogP contribution in [0.3, 0.4) is 0 Å². The molecule has 0 radical (unpaired) electrons. The molecule has 47 heavy (non-hydrogen) atoms. The van der Waals surface area contributed by atoms with Crippen LogP contribution in [0, 0.1) is 6.92 Å². The van der Waals surface area contributed by atoms with Crippen LogP contribution in [0.25, 0.3) is 0 Å². The zero-order chi connectivity index (χ0) is 32.8. The Bertz CT molecular complexity index is 1520. The van der Waals surface area contributed by atoms with E-state index in [4.69, 9.17) is 23.7 Å². The Kier molecular flexibility index (Phi) is 13.2. The summed E-state index contributed by atoms with van der Waals surface area (Å²) in [7, 11) is 0. The number of hydrogen-bond acceptors (Lipinski definition) is 8. The summed E-state index contributed by atoms with van der Waals surface area (Å²) < 4.78 is 32.5. The van der Waals surface area contributed by atoms with Crippen molar-refractivity contribution < 1.29 is 33.3 Å². The number of benzene rings is 4. The maximum atomic E-state index is 13.2. The molecule has 4 aromatic carbocycles. The highest BCUT2D eigenvalue weighted by Gasteiger charge is 2.50. The largest absolute Gasteiger partial charge is 0.456 e. The summed E-state index contributed by atoms with van der Waals surface area (Å²) in [4.78, 5) is 25.9. The van der Waals surface area contributed by atoms with Crippen molar-refractivity contribution in [2.24, 2.45) is 0 Å². The normalized spacial score (nSPS) is 20.9. The molecular formula is C39H42O7S. The van der Waals surface area contributed by atoms with E-state index in [1.165, 1.54) is 18.7 Å². The van der Waals surface area contributed by atoms with E-state index in [0.717, 1.165) is 27.1 Å². The Morgan fingerprint density at radius 1 is 0.660 bits per heavy atom. The van der Waals surface area contributed by atoms with Crippen LogP contribution in [0.15, 0.2) is 120 Å². The molecule has 1 aliphatic rings. The van der Waals surface area contributed by atoms with Crippen LogP contribution in [0.2, 0.25) is 0 Å². The molecule has 5 atom stereocenters. The van der Waals surface area contributed by atoms with Crippen LogP contribution >= 0.6 is 11.8 Å². The molecule has 0 N–H and O–H groups in total. The molecular weight excluding hydrogens is 612 g/mol. The third-order valence-electron chi connectivity index (χ3n) is 7.78. The summed E-state index contributed by atoms with van der Waals surface area (Å²) in [5, 5.41) is 0. The van der Waals surface area contributed by atoms with Gasteiger partial charge >= 0.3 is 5.97 Å². The van der Waals surface area contributed by atoms with Gasteiger partial charge in [0, 0.05) is 11.3 Å². The summed E-state index contributed by atoms with van der Waals surface area (Å²) in [6, 6.07) is 37.8. The molecule has 5 unspecified atom stereocenters. The molecule has 1 heterocycles. The number of aryl methyl sites for hydroxylation is 1. The molecule has 1 aliphatic heterocycles. The number of thioether (sulfide) groups is 1. The highest BCUT2D eigenvalue weighted by molar-refractivity contribution is 7.99. The summed E-state index contributed by atoms with van der Waals surface area (Å²) >= 11 is 1.47. The van der Waals surface area contributed by atoms with Crippen molar-refractivity contribution in [2.75, 3.05) is 6.61 Å². The van der Waals surface area contributed by atoms with E-state index in [-0.39, 0.29) is 31.8 Å². The van der Waals surface area contributed by atoms with Gasteiger partial charge in [-0.2, -0.15) is 0 Å². The van der Waals surface area contributed by atoms with Crippen LogP contribution in [0.4, 0.5) is 0 Å². The van der Waals surface area contributed by atoms with Gasteiger partial charge in [0.05, 0.1) is 32.8 Å². The lowest BCUT2D eigenvalue weighted by Gasteiger charge is -2.45. The van der Waals surface area contributed by atoms with Crippen molar-refractivity contribution in [2.45, 2.75) is 81.3 Å². The number of ketones is 1. The zero-order valence-electron chi connectivity index (χ0n) is 26.9. The van der Waals surface area contributed by atoms with Crippen molar-refractivity contribution >= 4 is 23.5 Å². The van der Waals surface area contributed by atoms with Crippen molar-refractivity contribution in [1.29, 1.82) is 0 Å². The van der Waals surface area contributed by atoms with Crippen LogP contribution in [-0.2, 0) is 53.1 Å². The fourth-order valence-corrected chi connectivity index (χ4v) is 6.37. The second kappa shape index (κ2) is 17.9. The first-order chi connectivity index (χ1) is 22.9. The fourth-order valence-electron chi connectivity index (χ4n) is 5.26. The quantitative estimate of drug-likeness (QED) is 0.115. The first kappa shape index (κ1) is 34.5. The molecule has 8 heteroatoms. The summed E-state index contributed by atoms with van der Waals surface area (Å²) in [6.07, 6.45) is -2.66. The Balaban J connectivity index is 1.47. The molecule has 0 saturated carbocycles. The molecule has 0 aliphatic carbocycles. The van der Waals surface area contributed by atoms with Gasteiger partial charge in [0.1, 0.15) is 29.5 Å². The standard InChI is InChI=1S/C39H42O7S/c1-28-18-21-33(22-19-28)47-39-38(46-35(41)23-20-29(2)40)37(44-26-32-16-10-5-11-17-32)36(43-25-31-14-8-4-9-15-31)34(45-39)27-42-24-30-12-6-3-7-13-30/h3-19,21-22,34,36-39H,20,23-27H2,1-2H3. The molecule has 4 aromatic rings. The lowest BCUT2D eigenvalue weighted by atomic mass is 9.98. The minimum Gasteiger partial charge on any atom is -0.456 e. The van der Waals surface area contributed by atoms with E-state index < -0.39 is 35.8 Å². The molecule has 1 saturated heterocycles. The minimum absolute atomic E-state index is 0.0295. The summed E-state index contributed by atoms with van der Waals surface area (Å²) in [6.45, 7) is 4.71. The summed E-state index contributed by atoms with van der Waals surface area (Å²) in [5.74, 6) is -0.568. The van der Waals surface area contributed by atoms with Gasteiger partial charge < -0.3 is 28.5 Å². The first-order valence-corrected chi connectivity index (χ1v) is 16.8. The Labute approximate surface area is 281 Å².